The van der Waals surface area contributed by atoms with Gasteiger partial charge in [-0.1, -0.05) is 15.3 Å². The molecule has 7 heteroatoms. The Labute approximate surface area is 135 Å². The molecule has 1 aromatic rings. The van der Waals surface area contributed by atoms with Crippen molar-refractivity contribution in [3.63, 3.8) is 0 Å². The first-order chi connectivity index (χ1) is 7.97. The van der Waals surface area contributed by atoms with Crippen LogP contribution >= 0.6 is 0 Å². The maximum atomic E-state index is 12.5. The Bertz CT molecular complexity index is 393. The fourth-order valence-electron chi connectivity index (χ4n) is 2.09. The molecule has 1 saturated heterocycles. The molecular weight excluding hydrogens is 263 g/mol. The molecule has 1 aromatic heterocycles. The summed E-state index contributed by atoms with van der Waals surface area (Å²) in [6, 6.07) is 1.20. The number of nitrogens with zero attached hydrogens (tertiary/aromatic N) is 1. The topological polar surface area (TPSA) is 24.9 Å². The molecule has 2 heterocycles. The molecule has 2 atom stereocenters. The monoisotopic (exact) mass is 282 g/mol. The van der Waals surface area contributed by atoms with E-state index in [0.29, 0.717) is 11.5 Å². The second-order valence-electron chi connectivity index (χ2n) is 4.65. The molecule has 0 radical (unpaired) electrons. The smallest absolute Gasteiger partial charge is 0.310 e. The molecule has 0 unspecified atom stereocenters. The summed E-state index contributed by atoms with van der Waals surface area (Å²) >= 11 is 0. The fraction of sp³-hybridized carbons (Fsp3) is 0.583. The zero-order chi connectivity index (χ0) is 12.5. The first-order valence-electron chi connectivity index (χ1n) is 5.72. The molecule has 1 N–H and O–H groups in total. The van der Waals surface area contributed by atoms with E-state index in [4.69, 9.17) is 0 Å². The predicted molar refractivity (Wildman–Crippen MR) is 69.7 cm³/mol. The van der Waals surface area contributed by atoms with Gasteiger partial charge in [-0.25, -0.2) is 0 Å². The molecule has 2 rings (SSSR count). The second kappa shape index (κ2) is 7.67. The van der Waals surface area contributed by atoms with Crippen molar-refractivity contribution < 1.29 is 42.7 Å². The number of pyridine rings is 1. The summed E-state index contributed by atoms with van der Waals surface area (Å²) in [6.07, 6.45) is -0.0269. The van der Waals surface area contributed by atoms with Gasteiger partial charge in [0.1, 0.15) is 0 Å². The number of halogens is 3. The number of nitrogens with one attached hydrogen (secondary N) is 1. The average molecular weight is 282 g/mol. The predicted octanol–water partition coefficient (Wildman–Crippen LogP) is -1.29. The van der Waals surface area contributed by atoms with Gasteiger partial charge < -0.3 is 5.32 Å². The van der Waals surface area contributed by atoms with Crippen LogP contribution in [0, 0.1) is 5.92 Å². The van der Waals surface area contributed by atoms with Gasteiger partial charge >= 0.3 is 35.7 Å². The van der Waals surface area contributed by atoms with Gasteiger partial charge in [0.25, 0.3) is 0 Å². The molecule has 0 saturated carbocycles. The maximum Gasteiger partial charge on any atom is 1.00 e. The largest absolute Gasteiger partial charge is 1.00 e. The van der Waals surface area contributed by atoms with Crippen LogP contribution in [0.25, 0.3) is 0 Å². The van der Waals surface area contributed by atoms with Crippen molar-refractivity contribution in [1.29, 1.82) is 0 Å². The Morgan fingerprint density at radius 3 is 2.47 bits per heavy atom. The summed E-state index contributed by atoms with van der Waals surface area (Å²) in [5.74, 6) is 0.588. The van der Waals surface area contributed by atoms with Gasteiger partial charge in [-0.05, 0) is 36.9 Å². The number of hydrogen-bond donors (Lipinski definition) is 1. The van der Waals surface area contributed by atoms with Gasteiger partial charge in [0.05, 0.1) is 5.56 Å². The Morgan fingerprint density at radius 2 is 1.95 bits per heavy atom. The molecule has 0 spiro atoms. The van der Waals surface area contributed by atoms with E-state index in [9.17, 15) is 13.2 Å². The summed E-state index contributed by atoms with van der Waals surface area (Å²) in [5, 5.41) is 3.26. The standard InChI is InChI=1S/C12H15F3N2.BH4.Na/c1-8-2-3-11(17-5-8)9-4-10(7-16-6-9)12(13,14)15;;/h4,6-8,11,17H,2-3,5H2,1H3;1H4;/q;-1;+1/t8-,11+;;/m0../s1. The number of rotatable bonds is 1. The van der Waals surface area contributed by atoms with Crippen molar-refractivity contribution in [3.8, 4) is 0 Å². The van der Waals surface area contributed by atoms with Crippen LogP contribution < -0.4 is 34.9 Å². The zero-order valence-corrected chi connectivity index (χ0v) is 12.6. The fourth-order valence-corrected chi connectivity index (χ4v) is 2.09. The SMILES string of the molecule is C[C@H]1CC[C@H](c2cncc(C(F)(F)F)c2)NC1.[BH4-].[Na+]. The minimum atomic E-state index is -4.31. The van der Waals surface area contributed by atoms with Gasteiger partial charge in [0.15, 0.2) is 0 Å². The van der Waals surface area contributed by atoms with Crippen molar-refractivity contribution in [2.24, 2.45) is 5.92 Å². The minimum absolute atomic E-state index is 0. The molecule has 0 amide bonds. The quantitative estimate of drug-likeness (QED) is 0.649. The van der Waals surface area contributed by atoms with Crippen LogP contribution in [-0.4, -0.2) is 19.9 Å². The summed E-state index contributed by atoms with van der Waals surface area (Å²) in [7, 11) is 0. The average Bonchev–Trinajstić information content (AvgIpc) is 2.29. The number of hydrogen-bond acceptors (Lipinski definition) is 2. The van der Waals surface area contributed by atoms with E-state index < -0.39 is 11.7 Å². The zero-order valence-electron chi connectivity index (χ0n) is 10.6. The molecule has 0 aliphatic carbocycles. The first kappa shape index (κ1) is 19.0. The molecule has 1 fully saturated rings. The molecule has 102 valence electrons. The van der Waals surface area contributed by atoms with Crippen molar-refractivity contribution in [2.45, 2.75) is 32.0 Å². The molecule has 0 bridgehead atoms. The Kier molecular flexibility index (Phi) is 7.66. The Hall–Kier alpha value is -0.0351. The summed E-state index contributed by atoms with van der Waals surface area (Å²) in [5.41, 5.74) is -0.0397. The van der Waals surface area contributed by atoms with E-state index in [1.54, 1.807) is 0 Å². The maximum absolute atomic E-state index is 12.5. The summed E-state index contributed by atoms with van der Waals surface area (Å²) < 4.78 is 37.6. The number of alkyl halides is 3. The van der Waals surface area contributed by atoms with Crippen LogP contribution in [0.2, 0.25) is 0 Å². The summed E-state index contributed by atoms with van der Waals surface area (Å²) in [4.78, 5) is 3.69. The van der Waals surface area contributed by atoms with E-state index in [2.05, 4.69) is 17.2 Å². The van der Waals surface area contributed by atoms with E-state index in [0.717, 1.165) is 25.6 Å². The van der Waals surface area contributed by atoms with Crippen LogP contribution in [0.5, 0.6) is 0 Å². The number of aromatic nitrogens is 1. The van der Waals surface area contributed by atoms with Crippen molar-refractivity contribution in [1.82, 2.24) is 10.3 Å². The molecule has 1 aliphatic rings. The normalized spacial score (nSPS) is 23.2. The van der Waals surface area contributed by atoms with Crippen LogP contribution in [0.15, 0.2) is 18.5 Å². The van der Waals surface area contributed by atoms with E-state index in [1.165, 1.54) is 12.3 Å². The van der Waals surface area contributed by atoms with Crippen molar-refractivity contribution >= 4 is 8.41 Å². The van der Waals surface area contributed by atoms with Gasteiger partial charge in [-0.2, -0.15) is 13.2 Å². The summed E-state index contributed by atoms with van der Waals surface area (Å²) in [6.45, 7) is 2.98. The van der Waals surface area contributed by atoms with Crippen LogP contribution in [0.4, 0.5) is 13.2 Å². The second-order valence-corrected chi connectivity index (χ2v) is 4.65. The van der Waals surface area contributed by atoms with Gasteiger partial charge in [0, 0.05) is 18.4 Å². The van der Waals surface area contributed by atoms with Crippen molar-refractivity contribution in [2.75, 3.05) is 6.54 Å². The Balaban J connectivity index is 0.00000162. The third kappa shape index (κ3) is 5.10. The van der Waals surface area contributed by atoms with Crippen LogP contribution in [0.3, 0.4) is 0 Å². The van der Waals surface area contributed by atoms with Crippen LogP contribution in [0.1, 0.15) is 36.9 Å². The van der Waals surface area contributed by atoms with Crippen molar-refractivity contribution in [3.05, 3.63) is 29.6 Å². The molecule has 1 aliphatic heterocycles. The van der Waals surface area contributed by atoms with Gasteiger partial charge in [-0.3, -0.25) is 4.98 Å². The van der Waals surface area contributed by atoms with E-state index >= 15 is 0 Å². The Morgan fingerprint density at radius 1 is 1.26 bits per heavy atom. The van der Waals surface area contributed by atoms with E-state index in [1.807, 2.05) is 0 Å². The molecule has 2 nitrogen and oxygen atoms in total. The third-order valence-electron chi connectivity index (χ3n) is 3.15. The molecular formula is C12H19BF3N2Na. The first-order valence-corrected chi connectivity index (χ1v) is 5.72. The third-order valence-corrected chi connectivity index (χ3v) is 3.15. The van der Waals surface area contributed by atoms with Crippen LogP contribution in [-0.2, 0) is 6.18 Å². The van der Waals surface area contributed by atoms with Gasteiger partial charge in [-0.15, -0.1) is 0 Å². The molecule has 19 heavy (non-hydrogen) atoms. The van der Waals surface area contributed by atoms with E-state index in [-0.39, 0.29) is 44.0 Å². The van der Waals surface area contributed by atoms with Gasteiger partial charge in [0.2, 0.25) is 0 Å². The minimum Gasteiger partial charge on any atom is -0.310 e. The number of piperidine rings is 1. The molecule has 0 aromatic carbocycles.